The van der Waals surface area contributed by atoms with E-state index in [9.17, 15) is 4.79 Å². The predicted molar refractivity (Wildman–Crippen MR) is 65.8 cm³/mol. The normalized spacial score (nSPS) is 11.3. The first-order chi connectivity index (χ1) is 7.65. The predicted octanol–water partition coefficient (Wildman–Crippen LogP) is 3.70. The van der Waals surface area contributed by atoms with Gasteiger partial charge in [0.15, 0.2) is 0 Å². The molecular weight excluding hydrogens is 200 g/mol. The Balaban J connectivity index is 3.01. The Kier molecular flexibility index (Phi) is 4.77. The van der Waals surface area contributed by atoms with E-state index in [1.807, 2.05) is 37.3 Å². The maximum absolute atomic E-state index is 11.0. The highest BCUT2D eigenvalue weighted by molar-refractivity contribution is 5.77. The van der Waals surface area contributed by atoms with Crippen LogP contribution in [0.3, 0.4) is 0 Å². The molecule has 0 aliphatic rings. The van der Waals surface area contributed by atoms with Crippen molar-refractivity contribution in [1.82, 2.24) is 0 Å². The van der Waals surface area contributed by atoms with Crippen LogP contribution in [0.1, 0.15) is 37.8 Å². The number of aryl methyl sites for hydroxylation is 1. The molecule has 0 heterocycles. The third-order valence-electron chi connectivity index (χ3n) is 2.28. The number of rotatable bonds is 4. The van der Waals surface area contributed by atoms with Crippen molar-refractivity contribution in [3.63, 3.8) is 0 Å². The van der Waals surface area contributed by atoms with Gasteiger partial charge in [-0.15, -0.1) is 0 Å². The minimum atomic E-state index is -0.273. The van der Waals surface area contributed by atoms with Crippen LogP contribution in [-0.2, 0) is 9.53 Å². The zero-order chi connectivity index (χ0) is 12.0. The Bertz CT molecular complexity index is 391. The quantitative estimate of drug-likeness (QED) is 0.569. The van der Waals surface area contributed by atoms with Crippen LogP contribution < -0.4 is 0 Å². The van der Waals surface area contributed by atoms with Gasteiger partial charge in [0.1, 0.15) is 5.76 Å². The minimum Gasteiger partial charge on any atom is -0.426 e. The lowest BCUT2D eigenvalue weighted by Crippen LogP contribution is -2.00. The first-order valence-corrected chi connectivity index (χ1v) is 5.59. The smallest absolute Gasteiger partial charge is 0.308 e. The summed E-state index contributed by atoms with van der Waals surface area (Å²) in [6.45, 7) is 5.54. The highest BCUT2D eigenvalue weighted by atomic mass is 16.5. The van der Waals surface area contributed by atoms with Gasteiger partial charge in [0, 0.05) is 12.5 Å². The summed E-state index contributed by atoms with van der Waals surface area (Å²) >= 11 is 0. The van der Waals surface area contributed by atoms with E-state index in [2.05, 4.69) is 6.92 Å². The largest absolute Gasteiger partial charge is 0.426 e. The summed E-state index contributed by atoms with van der Waals surface area (Å²) in [5, 5.41) is 0. The molecule has 1 aromatic rings. The number of benzene rings is 1. The second-order valence-corrected chi connectivity index (χ2v) is 3.77. The van der Waals surface area contributed by atoms with Crippen molar-refractivity contribution in [1.29, 1.82) is 0 Å². The number of hydrogen-bond donors (Lipinski definition) is 0. The van der Waals surface area contributed by atoms with E-state index in [-0.39, 0.29) is 5.97 Å². The summed E-state index contributed by atoms with van der Waals surface area (Å²) in [5.41, 5.74) is 2.11. The first-order valence-electron chi connectivity index (χ1n) is 5.59. The van der Waals surface area contributed by atoms with Gasteiger partial charge >= 0.3 is 5.97 Å². The van der Waals surface area contributed by atoms with E-state index in [0.29, 0.717) is 5.76 Å². The molecular formula is C14H18O2. The highest BCUT2D eigenvalue weighted by Crippen LogP contribution is 2.20. The summed E-state index contributed by atoms with van der Waals surface area (Å²) in [6, 6.07) is 7.91. The summed E-state index contributed by atoms with van der Waals surface area (Å²) in [5.74, 6) is 0.401. The molecule has 1 aromatic carbocycles. The SMILES string of the molecule is CCC/C=C(/OC(C)=O)c1ccccc1C. The molecule has 0 aliphatic carbocycles. The Morgan fingerprint density at radius 1 is 1.38 bits per heavy atom. The molecule has 0 aliphatic heterocycles. The Morgan fingerprint density at radius 3 is 2.62 bits per heavy atom. The monoisotopic (exact) mass is 218 g/mol. The zero-order valence-electron chi connectivity index (χ0n) is 10.1. The lowest BCUT2D eigenvalue weighted by atomic mass is 10.1. The van der Waals surface area contributed by atoms with E-state index in [0.717, 1.165) is 24.0 Å². The van der Waals surface area contributed by atoms with Gasteiger partial charge in [-0.3, -0.25) is 4.79 Å². The lowest BCUT2D eigenvalue weighted by molar-refractivity contribution is -0.134. The molecule has 86 valence electrons. The minimum absolute atomic E-state index is 0.273. The fourth-order valence-electron chi connectivity index (χ4n) is 1.49. The number of esters is 1. The molecule has 2 nitrogen and oxygen atoms in total. The maximum atomic E-state index is 11.0. The number of unbranched alkanes of at least 4 members (excludes halogenated alkanes) is 1. The van der Waals surface area contributed by atoms with Crippen LogP contribution in [0.5, 0.6) is 0 Å². The molecule has 2 heteroatoms. The second-order valence-electron chi connectivity index (χ2n) is 3.77. The molecule has 0 aromatic heterocycles. The Morgan fingerprint density at radius 2 is 2.06 bits per heavy atom. The standard InChI is InChI=1S/C14H18O2/c1-4-5-10-14(16-12(3)15)13-9-7-6-8-11(13)2/h6-10H,4-5H2,1-3H3/b14-10+. The summed E-state index contributed by atoms with van der Waals surface area (Å²) in [7, 11) is 0. The van der Waals surface area contributed by atoms with Crippen LogP contribution >= 0.6 is 0 Å². The van der Waals surface area contributed by atoms with Gasteiger partial charge in [0.25, 0.3) is 0 Å². The number of ether oxygens (including phenoxy) is 1. The van der Waals surface area contributed by atoms with Gasteiger partial charge < -0.3 is 4.74 Å². The van der Waals surface area contributed by atoms with Gasteiger partial charge in [0.2, 0.25) is 0 Å². The van der Waals surface area contributed by atoms with Crippen LogP contribution in [0.2, 0.25) is 0 Å². The number of hydrogen-bond acceptors (Lipinski definition) is 2. The van der Waals surface area contributed by atoms with Crippen molar-refractivity contribution in [2.24, 2.45) is 0 Å². The van der Waals surface area contributed by atoms with Gasteiger partial charge in [-0.1, -0.05) is 37.6 Å². The molecule has 16 heavy (non-hydrogen) atoms. The first kappa shape index (κ1) is 12.5. The summed E-state index contributed by atoms with van der Waals surface area (Å²) in [6.07, 6.45) is 3.93. The molecule has 1 rings (SSSR count). The van der Waals surface area contributed by atoms with Crippen molar-refractivity contribution in [2.45, 2.75) is 33.6 Å². The van der Waals surface area contributed by atoms with Gasteiger partial charge in [-0.25, -0.2) is 0 Å². The number of carbonyl (C=O) groups is 1. The average Bonchev–Trinajstić information content (AvgIpc) is 2.24. The molecule has 0 atom stereocenters. The molecule has 0 radical (unpaired) electrons. The van der Waals surface area contributed by atoms with Crippen molar-refractivity contribution in [2.75, 3.05) is 0 Å². The zero-order valence-corrected chi connectivity index (χ0v) is 10.1. The van der Waals surface area contributed by atoms with Crippen LogP contribution in [0.15, 0.2) is 30.3 Å². The molecule has 0 bridgehead atoms. The van der Waals surface area contributed by atoms with Crippen molar-refractivity contribution < 1.29 is 9.53 Å². The van der Waals surface area contributed by atoms with Gasteiger partial charge in [0.05, 0.1) is 0 Å². The molecule has 0 spiro atoms. The van der Waals surface area contributed by atoms with Gasteiger partial charge in [-0.2, -0.15) is 0 Å². The molecule has 0 N–H and O–H groups in total. The van der Waals surface area contributed by atoms with Gasteiger partial charge in [-0.05, 0) is 25.0 Å². The summed E-state index contributed by atoms with van der Waals surface area (Å²) < 4.78 is 5.24. The third-order valence-corrected chi connectivity index (χ3v) is 2.28. The molecule has 0 saturated carbocycles. The molecule has 0 amide bonds. The third kappa shape index (κ3) is 3.54. The number of carbonyl (C=O) groups excluding carboxylic acids is 1. The second kappa shape index (κ2) is 6.11. The number of allylic oxidation sites excluding steroid dienone is 1. The van der Waals surface area contributed by atoms with E-state index >= 15 is 0 Å². The topological polar surface area (TPSA) is 26.3 Å². The van der Waals surface area contributed by atoms with Crippen LogP contribution in [0.25, 0.3) is 5.76 Å². The van der Waals surface area contributed by atoms with Crippen molar-refractivity contribution in [3.8, 4) is 0 Å². The fraction of sp³-hybridized carbons (Fsp3) is 0.357. The Hall–Kier alpha value is -1.57. The van der Waals surface area contributed by atoms with Crippen LogP contribution in [0, 0.1) is 6.92 Å². The van der Waals surface area contributed by atoms with Crippen LogP contribution in [-0.4, -0.2) is 5.97 Å². The molecule has 0 unspecified atom stereocenters. The Labute approximate surface area is 96.9 Å². The summed E-state index contributed by atoms with van der Waals surface area (Å²) in [4.78, 5) is 11.0. The van der Waals surface area contributed by atoms with E-state index < -0.39 is 0 Å². The van der Waals surface area contributed by atoms with E-state index in [4.69, 9.17) is 4.74 Å². The highest BCUT2D eigenvalue weighted by Gasteiger charge is 2.07. The average molecular weight is 218 g/mol. The van der Waals surface area contributed by atoms with Crippen LogP contribution in [0.4, 0.5) is 0 Å². The van der Waals surface area contributed by atoms with Crippen molar-refractivity contribution in [3.05, 3.63) is 41.5 Å². The van der Waals surface area contributed by atoms with E-state index in [1.54, 1.807) is 0 Å². The maximum Gasteiger partial charge on any atom is 0.308 e. The molecule has 0 fully saturated rings. The van der Waals surface area contributed by atoms with E-state index in [1.165, 1.54) is 6.92 Å². The fourth-order valence-corrected chi connectivity index (χ4v) is 1.49. The lowest BCUT2D eigenvalue weighted by Gasteiger charge is -2.10. The van der Waals surface area contributed by atoms with Crippen molar-refractivity contribution >= 4 is 11.7 Å². The molecule has 0 saturated heterocycles.